The Morgan fingerprint density at radius 1 is 1.15 bits per heavy atom. The Kier molecular flexibility index (Phi) is 8.33. The van der Waals surface area contributed by atoms with Crippen molar-refractivity contribution in [3.05, 3.63) is 71.3 Å². The van der Waals surface area contributed by atoms with E-state index in [4.69, 9.17) is 9.72 Å². The number of morpholine rings is 1. The number of anilines is 2. The van der Waals surface area contributed by atoms with Gasteiger partial charge < -0.3 is 20.3 Å². The molecule has 0 aliphatic carbocycles. The van der Waals surface area contributed by atoms with E-state index in [2.05, 4.69) is 38.4 Å². The second kappa shape index (κ2) is 12.1. The fourth-order valence-corrected chi connectivity index (χ4v) is 4.83. The van der Waals surface area contributed by atoms with Gasteiger partial charge in [0.2, 0.25) is 0 Å². The Hall–Kier alpha value is -3.94. The summed E-state index contributed by atoms with van der Waals surface area (Å²) in [6.45, 7) is 6.56. The lowest BCUT2D eigenvalue weighted by atomic mass is 9.99. The molecular weight excluding hydrogens is 519 g/mol. The Balaban J connectivity index is 1.43. The molecule has 0 saturated carbocycles. The summed E-state index contributed by atoms with van der Waals surface area (Å²) < 4.78 is 44.7. The Labute approximate surface area is 231 Å². The molecule has 10 heteroatoms. The van der Waals surface area contributed by atoms with E-state index in [1.54, 1.807) is 18.3 Å². The van der Waals surface area contributed by atoms with Crippen LogP contribution >= 0.6 is 0 Å². The second-order valence-corrected chi connectivity index (χ2v) is 9.92. The molecule has 7 nitrogen and oxygen atoms in total. The van der Waals surface area contributed by atoms with Gasteiger partial charge in [0, 0.05) is 54.8 Å². The van der Waals surface area contributed by atoms with E-state index < -0.39 is 17.8 Å². The lowest BCUT2D eigenvalue weighted by Gasteiger charge is -2.29. The minimum absolute atomic E-state index is 0.128. The maximum atomic E-state index is 13.1. The van der Waals surface area contributed by atoms with E-state index >= 15 is 0 Å². The van der Waals surface area contributed by atoms with Gasteiger partial charge in [-0.1, -0.05) is 12.0 Å². The summed E-state index contributed by atoms with van der Waals surface area (Å²) in [6, 6.07) is 9.44. The molecule has 2 aliphatic rings. The first-order valence-corrected chi connectivity index (χ1v) is 13.3. The lowest BCUT2D eigenvalue weighted by molar-refractivity contribution is -0.141. The van der Waals surface area contributed by atoms with Crippen molar-refractivity contribution < 1.29 is 22.7 Å². The Morgan fingerprint density at radius 3 is 2.73 bits per heavy atom. The van der Waals surface area contributed by atoms with Gasteiger partial charge in [0.1, 0.15) is 11.4 Å². The van der Waals surface area contributed by atoms with Gasteiger partial charge in [0.15, 0.2) is 0 Å². The number of aryl methyl sites for hydroxylation is 1. The van der Waals surface area contributed by atoms with E-state index in [-0.39, 0.29) is 5.56 Å². The maximum Gasteiger partial charge on any atom is 0.433 e. The van der Waals surface area contributed by atoms with Crippen molar-refractivity contribution in [1.29, 1.82) is 0 Å². The molecule has 1 amide bonds. The minimum Gasteiger partial charge on any atom is -0.378 e. The molecule has 2 N–H and O–H groups in total. The van der Waals surface area contributed by atoms with Gasteiger partial charge in [0.25, 0.3) is 5.91 Å². The summed E-state index contributed by atoms with van der Waals surface area (Å²) in [6.07, 6.45) is 0.298. The number of ether oxygens (including phenoxy) is 1. The predicted molar refractivity (Wildman–Crippen MR) is 147 cm³/mol. The third-order valence-electron chi connectivity index (χ3n) is 7.03. The number of carbonyl (C=O) groups excluding carboxylic acids is 1. The fraction of sp³-hybridized carbons (Fsp3) is 0.367. The van der Waals surface area contributed by atoms with Crippen LogP contribution in [0.15, 0.2) is 48.8 Å². The van der Waals surface area contributed by atoms with Crippen LogP contribution in [0.25, 0.3) is 11.1 Å². The monoisotopic (exact) mass is 549 g/mol. The largest absolute Gasteiger partial charge is 0.433 e. The molecule has 2 aliphatic heterocycles. The zero-order valence-electron chi connectivity index (χ0n) is 22.1. The molecule has 4 heterocycles. The van der Waals surface area contributed by atoms with Crippen LogP contribution in [-0.2, 0) is 10.9 Å². The van der Waals surface area contributed by atoms with Crippen LogP contribution in [0.2, 0.25) is 0 Å². The molecule has 1 unspecified atom stereocenters. The molecular formula is C30H30F3N5O2. The molecule has 40 heavy (non-hydrogen) atoms. The first-order valence-electron chi connectivity index (χ1n) is 13.3. The number of rotatable bonds is 4. The van der Waals surface area contributed by atoms with Gasteiger partial charge in [-0.2, -0.15) is 13.2 Å². The molecule has 1 aromatic carbocycles. The number of nitrogens with zero attached hydrogens (tertiary/aromatic N) is 3. The third-order valence-corrected chi connectivity index (χ3v) is 7.03. The molecule has 0 spiro atoms. The Morgan fingerprint density at radius 2 is 1.98 bits per heavy atom. The predicted octanol–water partition coefficient (Wildman–Crippen LogP) is 4.91. The standard InChI is InChI=1S/C30H30F3N5O2/c1-20-4-6-24(37-29(39)22-8-10-35-28(16-22)30(31,32)33)17-25(20)23-15-27(38-11-13-40-14-12-38)26(36-19-23)7-5-21-3-2-9-34-18-21/h4,6,8,10,15-17,19,21,34H,2-3,9,11-14,18H2,1H3,(H,37,39). The number of pyridine rings is 2. The molecule has 0 bridgehead atoms. The highest BCUT2D eigenvalue weighted by Crippen LogP contribution is 2.32. The maximum absolute atomic E-state index is 13.1. The SMILES string of the molecule is Cc1ccc(NC(=O)c2ccnc(C(F)(F)F)c2)cc1-c1cnc(C#CC2CCCNC2)c(N2CCOCC2)c1. The topological polar surface area (TPSA) is 79.4 Å². The molecule has 2 aromatic heterocycles. The highest BCUT2D eigenvalue weighted by atomic mass is 19.4. The highest BCUT2D eigenvalue weighted by molar-refractivity contribution is 6.04. The number of aromatic nitrogens is 2. The van der Waals surface area contributed by atoms with Crippen LogP contribution in [0.4, 0.5) is 24.5 Å². The van der Waals surface area contributed by atoms with Gasteiger partial charge in [-0.05, 0) is 73.7 Å². The summed E-state index contributed by atoms with van der Waals surface area (Å²) in [4.78, 5) is 23.1. The summed E-state index contributed by atoms with van der Waals surface area (Å²) in [5, 5.41) is 6.10. The van der Waals surface area contributed by atoms with E-state index in [0.29, 0.717) is 24.8 Å². The number of alkyl halides is 3. The van der Waals surface area contributed by atoms with Crippen molar-refractivity contribution >= 4 is 17.3 Å². The van der Waals surface area contributed by atoms with Crippen molar-refractivity contribution in [3.63, 3.8) is 0 Å². The van der Waals surface area contributed by atoms with Crippen LogP contribution in [0, 0.1) is 24.7 Å². The van der Waals surface area contributed by atoms with E-state index in [1.165, 1.54) is 6.07 Å². The van der Waals surface area contributed by atoms with Crippen molar-refractivity contribution in [2.45, 2.75) is 25.9 Å². The average molecular weight is 550 g/mol. The molecule has 0 radical (unpaired) electrons. The van der Waals surface area contributed by atoms with E-state index in [1.807, 2.05) is 13.0 Å². The fourth-order valence-electron chi connectivity index (χ4n) is 4.83. The van der Waals surface area contributed by atoms with Crippen molar-refractivity contribution in [2.75, 3.05) is 49.6 Å². The lowest BCUT2D eigenvalue weighted by Crippen LogP contribution is -2.36. The molecule has 1 atom stereocenters. The summed E-state index contributed by atoms with van der Waals surface area (Å²) in [5.74, 6) is 6.35. The van der Waals surface area contributed by atoms with Gasteiger partial charge in [-0.25, -0.2) is 4.98 Å². The number of carbonyl (C=O) groups is 1. The van der Waals surface area contributed by atoms with Crippen molar-refractivity contribution in [3.8, 4) is 23.0 Å². The van der Waals surface area contributed by atoms with Crippen LogP contribution in [-0.4, -0.2) is 55.3 Å². The number of hydrogen-bond donors (Lipinski definition) is 2. The molecule has 2 fully saturated rings. The summed E-state index contributed by atoms with van der Waals surface area (Å²) in [5.41, 5.74) is 3.52. The number of nitrogens with one attached hydrogen (secondary N) is 2. The minimum atomic E-state index is -4.64. The summed E-state index contributed by atoms with van der Waals surface area (Å²) >= 11 is 0. The van der Waals surface area contributed by atoms with Crippen LogP contribution in [0.1, 0.15) is 40.2 Å². The first kappa shape index (κ1) is 27.6. The molecule has 208 valence electrons. The van der Waals surface area contributed by atoms with Crippen molar-refractivity contribution in [2.24, 2.45) is 5.92 Å². The number of benzene rings is 1. The first-order chi connectivity index (χ1) is 19.3. The molecule has 5 rings (SSSR count). The summed E-state index contributed by atoms with van der Waals surface area (Å²) in [7, 11) is 0. The number of amides is 1. The quantitative estimate of drug-likeness (QED) is 0.451. The molecule has 2 saturated heterocycles. The van der Waals surface area contributed by atoms with Crippen LogP contribution in [0.5, 0.6) is 0 Å². The van der Waals surface area contributed by atoms with Crippen LogP contribution < -0.4 is 15.5 Å². The smallest absolute Gasteiger partial charge is 0.378 e. The van der Waals surface area contributed by atoms with Gasteiger partial charge in [-0.3, -0.25) is 9.78 Å². The van der Waals surface area contributed by atoms with Crippen LogP contribution in [0.3, 0.4) is 0 Å². The Bertz CT molecular complexity index is 1440. The molecule has 3 aromatic rings. The van der Waals surface area contributed by atoms with Gasteiger partial charge >= 0.3 is 6.18 Å². The second-order valence-electron chi connectivity index (χ2n) is 9.92. The van der Waals surface area contributed by atoms with Gasteiger partial charge in [0.05, 0.1) is 18.9 Å². The number of halogens is 3. The zero-order valence-corrected chi connectivity index (χ0v) is 22.1. The van der Waals surface area contributed by atoms with Crippen molar-refractivity contribution in [1.82, 2.24) is 15.3 Å². The normalized spacial score (nSPS) is 17.6. The number of piperidine rings is 1. The number of hydrogen-bond acceptors (Lipinski definition) is 6. The zero-order chi connectivity index (χ0) is 28.1. The highest BCUT2D eigenvalue weighted by Gasteiger charge is 2.33. The van der Waals surface area contributed by atoms with E-state index in [0.717, 1.165) is 79.4 Å². The average Bonchev–Trinajstić information content (AvgIpc) is 2.97. The van der Waals surface area contributed by atoms with E-state index in [9.17, 15) is 18.0 Å². The van der Waals surface area contributed by atoms with Gasteiger partial charge in [-0.15, -0.1) is 0 Å². The third kappa shape index (κ3) is 6.61.